The van der Waals surface area contributed by atoms with Crippen molar-refractivity contribution in [3.05, 3.63) is 60.2 Å². The summed E-state index contributed by atoms with van der Waals surface area (Å²) < 4.78 is 5.35. The van der Waals surface area contributed by atoms with Gasteiger partial charge in [-0.05, 0) is 43.4 Å². The molecule has 33 heavy (non-hydrogen) atoms. The minimum Gasteiger partial charge on any atom is -0.495 e. The van der Waals surface area contributed by atoms with Gasteiger partial charge in [-0.15, -0.1) is 0 Å². The maximum Gasteiger partial charge on any atom is 0.228 e. The highest BCUT2D eigenvalue weighted by Crippen LogP contribution is 2.38. The van der Waals surface area contributed by atoms with E-state index in [1.165, 1.54) is 0 Å². The van der Waals surface area contributed by atoms with Gasteiger partial charge in [0.05, 0.1) is 24.3 Å². The summed E-state index contributed by atoms with van der Waals surface area (Å²) in [6, 6.07) is 19.7. The third-order valence-electron chi connectivity index (χ3n) is 7.25. The highest BCUT2D eigenvalue weighted by atomic mass is 16.5. The molecule has 0 spiro atoms. The Balaban J connectivity index is 1.44. The van der Waals surface area contributed by atoms with E-state index in [9.17, 15) is 14.9 Å². The molecular formula is C27H31N3O3. The number of nitriles is 1. The van der Waals surface area contributed by atoms with Crippen molar-refractivity contribution in [2.45, 2.75) is 43.9 Å². The second-order valence-electron chi connectivity index (χ2n) is 9.07. The van der Waals surface area contributed by atoms with Crippen LogP contribution in [0, 0.1) is 23.2 Å². The number of carbonyl (C=O) groups is 2. The van der Waals surface area contributed by atoms with Crippen molar-refractivity contribution >= 4 is 17.5 Å². The van der Waals surface area contributed by atoms with Gasteiger partial charge < -0.3 is 15.0 Å². The number of piperidine rings is 1. The molecule has 6 nitrogen and oxygen atoms in total. The second-order valence-corrected chi connectivity index (χ2v) is 9.07. The first-order valence-corrected chi connectivity index (χ1v) is 11.8. The van der Waals surface area contributed by atoms with Crippen LogP contribution in [0.25, 0.3) is 0 Å². The quantitative estimate of drug-likeness (QED) is 0.733. The van der Waals surface area contributed by atoms with Gasteiger partial charge in [-0.3, -0.25) is 9.59 Å². The Morgan fingerprint density at radius 3 is 2.30 bits per heavy atom. The maximum atomic E-state index is 13.5. The lowest BCUT2D eigenvalue weighted by molar-refractivity contribution is -0.143. The molecule has 4 rings (SSSR count). The lowest BCUT2D eigenvalue weighted by Crippen LogP contribution is -2.49. The standard InChI is InChI=1S/C27H31N3O3/c1-33-24-14-8-7-13-23(24)29-25(31)21-11-5-6-12-22(21)26(32)30-17-15-27(19-28,16-18-30)20-9-3-2-4-10-20/h2-4,7-10,13-14,21-22H,5-6,11-12,15-18H2,1H3,(H,29,31). The number of hydrogen-bond donors (Lipinski definition) is 1. The van der Waals surface area contributed by atoms with Gasteiger partial charge in [0, 0.05) is 24.9 Å². The molecule has 2 unspecified atom stereocenters. The van der Waals surface area contributed by atoms with Crippen molar-refractivity contribution in [3.8, 4) is 11.8 Å². The number of para-hydroxylation sites is 2. The van der Waals surface area contributed by atoms with Crippen LogP contribution in [0.3, 0.4) is 0 Å². The van der Waals surface area contributed by atoms with Crippen molar-refractivity contribution in [1.82, 2.24) is 4.90 Å². The van der Waals surface area contributed by atoms with Crippen LogP contribution in [0.1, 0.15) is 44.1 Å². The Bertz CT molecular complexity index is 1020. The minimum atomic E-state index is -0.550. The summed E-state index contributed by atoms with van der Waals surface area (Å²) >= 11 is 0. The summed E-state index contributed by atoms with van der Waals surface area (Å²) in [5.41, 5.74) is 1.10. The van der Waals surface area contributed by atoms with E-state index in [-0.39, 0.29) is 23.7 Å². The number of carbonyl (C=O) groups excluding carboxylic acids is 2. The van der Waals surface area contributed by atoms with Crippen LogP contribution in [0.5, 0.6) is 5.75 Å². The summed E-state index contributed by atoms with van der Waals surface area (Å²) in [6.07, 6.45) is 4.56. The minimum absolute atomic E-state index is 0.0504. The summed E-state index contributed by atoms with van der Waals surface area (Å²) in [7, 11) is 1.57. The van der Waals surface area contributed by atoms with E-state index in [1.54, 1.807) is 13.2 Å². The number of rotatable bonds is 5. The van der Waals surface area contributed by atoms with E-state index in [0.29, 0.717) is 43.8 Å². The van der Waals surface area contributed by atoms with Crippen molar-refractivity contribution in [3.63, 3.8) is 0 Å². The molecule has 2 aromatic rings. The average Bonchev–Trinajstić information content (AvgIpc) is 2.89. The third-order valence-corrected chi connectivity index (χ3v) is 7.25. The van der Waals surface area contributed by atoms with Gasteiger partial charge in [0.25, 0.3) is 0 Å². The normalized spacial score (nSPS) is 22.1. The van der Waals surface area contributed by atoms with Gasteiger partial charge >= 0.3 is 0 Å². The van der Waals surface area contributed by atoms with Crippen LogP contribution in [-0.4, -0.2) is 36.9 Å². The summed E-state index contributed by atoms with van der Waals surface area (Å²) in [5, 5.41) is 12.9. The van der Waals surface area contributed by atoms with E-state index in [4.69, 9.17) is 4.74 Å². The molecular weight excluding hydrogens is 414 g/mol. The molecule has 0 aromatic heterocycles. The van der Waals surface area contributed by atoms with Gasteiger partial charge in [0.2, 0.25) is 11.8 Å². The lowest BCUT2D eigenvalue weighted by Gasteiger charge is -2.40. The third kappa shape index (κ3) is 4.73. The Morgan fingerprint density at radius 2 is 1.64 bits per heavy atom. The molecule has 0 radical (unpaired) electrons. The lowest BCUT2D eigenvalue weighted by atomic mass is 9.73. The fourth-order valence-corrected chi connectivity index (χ4v) is 5.28. The van der Waals surface area contributed by atoms with Crippen molar-refractivity contribution in [2.75, 3.05) is 25.5 Å². The number of benzene rings is 2. The molecule has 2 amide bonds. The number of nitrogens with zero attached hydrogens (tertiary/aromatic N) is 2. The molecule has 1 N–H and O–H groups in total. The predicted octanol–water partition coefficient (Wildman–Crippen LogP) is 4.52. The number of likely N-dealkylation sites (tertiary alicyclic amines) is 1. The van der Waals surface area contributed by atoms with Crippen LogP contribution in [0.15, 0.2) is 54.6 Å². The van der Waals surface area contributed by atoms with Crippen molar-refractivity contribution < 1.29 is 14.3 Å². The van der Waals surface area contributed by atoms with Crippen molar-refractivity contribution in [2.24, 2.45) is 11.8 Å². The SMILES string of the molecule is COc1ccccc1NC(=O)C1CCCCC1C(=O)N1CCC(C#N)(c2ccccc2)CC1. The van der Waals surface area contributed by atoms with Gasteiger partial charge in [0.1, 0.15) is 5.75 Å². The number of hydrogen-bond acceptors (Lipinski definition) is 4. The van der Waals surface area contributed by atoms with Crippen LogP contribution in [-0.2, 0) is 15.0 Å². The monoisotopic (exact) mass is 445 g/mol. The first-order chi connectivity index (χ1) is 16.1. The Hall–Kier alpha value is -3.33. The molecule has 2 aromatic carbocycles. The molecule has 2 atom stereocenters. The molecule has 6 heteroatoms. The molecule has 2 fully saturated rings. The molecule has 0 bridgehead atoms. The first-order valence-electron chi connectivity index (χ1n) is 11.8. The zero-order chi connectivity index (χ0) is 23.3. The van der Waals surface area contributed by atoms with E-state index >= 15 is 0 Å². The smallest absolute Gasteiger partial charge is 0.228 e. The number of nitrogens with one attached hydrogen (secondary N) is 1. The summed E-state index contributed by atoms with van der Waals surface area (Å²) in [4.78, 5) is 28.6. The van der Waals surface area contributed by atoms with Crippen LogP contribution < -0.4 is 10.1 Å². The fraction of sp³-hybridized carbons (Fsp3) is 0.444. The van der Waals surface area contributed by atoms with Gasteiger partial charge in [0.15, 0.2) is 0 Å². The Kier molecular flexibility index (Phi) is 6.98. The number of methoxy groups -OCH3 is 1. The first kappa shape index (κ1) is 22.8. The number of amides is 2. The van der Waals surface area contributed by atoms with Gasteiger partial charge in [-0.2, -0.15) is 5.26 Å². The van der Waals surface area contributed by atoms with Crippen LogP contribution in [0.2, 0.25) is 0 Å². The molecule has 172 valence electrons. The van der Waals surface area contributed by atoms with Crippen LogP contribution in [0.4, 0.5) is 5.69 Å². The Labute approximate surface area is 195 Å². The largest absolute Gasteiger partial charge is 0.495 e. The fourth-order valence-electron chi connectivity index (χ4n) is 5.28. The summed E-state index contributed by atoms with van der Waals surface area (Å²) in [5.74, 6) is -0.137. The highest BCUT2D eigenvalue weighted by molar-refractivity contribution is 5.97. The van der Waals surface area contributed by atoms with E-state index in [0.717, 1.165) is 24.8 Å². The zero-order valence-corrected chi connectivity index (χ0v) is 19.1. The maximum absolute atomic E-state index is 13.5. The van der Waals surface area contributed by atoms with E-state index < -0.39 is 5.41 Å². The topological polar surface area (TPSA) is 82.4 Å². The highest BCUT2D eigenvalue weighted by Gasteiger charge is 2.42. The second kappa shape index (κ2) is 10.1. The number of anilines is 1. The zero-order valence-electron chi connectivity index (χ0n) is 19.1. The van der Waals surface area contributed by atoms with Gasteiger partial charge in [-0.25, -0.2) is 0 Å². The van der Waals surface area contributed by atoms with Crippen molar-refractivity contribution in [1.29, 1.82) is 5.26 Å². The molecule has 1 aliphatic heterocycles. The number of ether oxygens (including phenoxy) is 1. The van der Waals surface area contributed by atoms with E-state index in [2.05, 4.69) is 11.4 Å². The van der Waals surface area contributed by atoms with E-state index in [1.807, 2.05) is 53.4 Å². The molecule has 1 aliphatic carbocycles. The molecule has 1 saturated heterocycles. The Morgan fingerprint density at radius 1 is 1.00 bits per heavy atom. The molecule has 2 aliphatic rings. The molecule has 1 heterocycles. The predicted molar refractivity (Wildman–Crippen MR) is 127 cm³/mol. The molecule has 1 saturated carbocycles. The average molecular weight is 446 g/mol. The summed E-state index contributed by atoms with van der Waals surface area (Å²) in [6.45, 7) is 1.08. The van der Waals surface area contributed by atoms with Gasteiger partial charge in [-0.1, -0.05) is 55.3 Å². The van der Waals surface area contributed by atoms with Crippen LogP contribution >= 0.6 is 0 Å².